The van der Waals surface area contributed by atoms with E-state index in [-0.39, 0.29) is 11.9 Å². The van der Waals surface area contributed by atoms with Gasteiger partial charge >= 0.3 is 6.09 Å². The van der Waals surface area contributed by atoms with E-state index in [9.17, 15) is 9.59 Å². The number of thiophene rings is 1. The highest BCUT2D eigenvalue weighted by Crippen LogP contribution is 2.35. The third-order valence-electron chi connectivity index (χ3n) is 5.04. The van der Waals surface area contributed by atoms with E-state index in [0.29, 0.717) is 39.9 Å². The first-order valence-corrected chi connectivity index (χ1v) is 10.0. The first kappa shape index (κ1) is 19.8. The normalized spacial score (nSPS) is 13.7. The van der Waals surface area contributed by atoms with Crippen LogP contribution in [-0.4, -0.2) is 52.9 Å². The molecular weight excluding hydrogens is 404 g/mol. The number of aromatic nitrogens is 2. The molecule has 0 unspecified atom stereocenters. The molecule has 1 aliphatic heterocycles. The van der Waals surface area contributed by atoms with Crippen LogP contribution in [0.4, 0.5) is 16.2 Å². The molecule has 2 amide bonds. The number of benzene rings is 1. The number of aryl methyl sites for hydroxylation is 2. The van der Waals surface area contributed by atoms with E-state index in [2.05, 4.69) is 27.2 Å². The van der Waals surface area contributed by atoms with Crippen molar-refractivity contribution < 1.29 is 14.3 Å². The van der Waals surface area contributed by atoms with Crippen LogP contribution in [0.3, 0.4) is 0 Å². The fraction of sp³-hybridized carbons (Fsp3) is 0.250. The molecule has 0 aliphatic carbocycles. The topological polar surface area (TPSA) is 123 Å². The van der Waals surface area contributed by atoms with Crippen LogP contribution in [0.1, 0.15) is 20.9 Å². The summed E-state index contributed by atoms with van der Waals surface area (Å²) in [5.41, 5.74) is 9.02. The summed E-state index contributed by atoms with van der Waals surface area (Å²) >= 11 is 1.22. The van der Waals surface area contributed by atoms with Crippen LogP contribution in [0.25, 0.3) is 10.2 Å². The number of hydrogen-bond donors (Lipinski definition) is 2. The minimum absolute atomic E-state index is 0.170. The number of rotatable bonds is 4. The molecule has 0 radical (unpaired) electrons. The van der Waals surface area contributed by atoms with Crippen LogP contribution in [0.5, 0.6) is 5.75 Å². The fourth-order valence-corrected chi connectivity index (χ4v) is 4.17. The van der Waals surface area contributed by atoms with Crippen molar-refractivity contribution in [2.45, 2.75) is 19.9 Å². The Morgan fingerprint density at radius 2 is 1.97 bits per heavy atom. The maximum Gasteiger partial charge on any atom is 0.415 e. The first-order chi connectivity index (χ1) is 14.4. The molecule has 1 fully saturated rings. The van der Waals surface area contributed by atoms with Crippen LogP contribution in [0.15, 0.2) is 29.3 Å². The predicted octanol–water partition coefficient (Wildman–Crippen LogP) is 2.84. The quantitative estimate of drug-likeness (QED) is 0.621. The Bertz CT molecular complexity index is 1150. The monoisotopic (exact) mass is 424 g/mol. The lowest BCUT2D eigenvalue weighted by Gasteiger charge is -2.38. The van der Waals surface area contributed by atoms with Crippen molar-refractivity contribution >= 4 is 51.6 Å². The molecule has 10 heteroatoms. The minimum Gasteiger partial charge on any atom is -0.410 e. The van der Waals surface area contributed by atoms with E-state index in [1.165, 1.54) is 16.2 Å². The van der Waals surface area contributed by atoms with Gasteiger partial charge in [-0.1, -0.05) is 0 Å². The Kier molecular flexibility index (Phi) is 5.08. The van der Waals surface area contributed by atoms with Crippen LogP contribution >= 0.6 is 11.3 Å². The van der Waals surface area contributed by atoms with E-state index >= 15 is 0 Å². The van der Waals surface area contributed by atoms with Gasteiger partial charge in [0.25, 0.3) is 5.91 Å². The molecule has 2 aromatic heterocycles. The summed E-state index contributed by atoms with van der Waals surface area (Å²) in [5.74, 6) is 0.141. The highest BCUT2D eigenvalue weighted by molar-refractivity contribution is 7.21. The minimum atomic E-state index is -0.470. The zero-order valence-electron chi connectivity index (χ0n) is 16.5. The van der Waals surface area contributed by atoms with Crippen molar-refractivity contribution in [2.75, 3.05) is 18.8 Å². The Labute approximate surface area is 176 Å². The maximum absolute atomic E-state index is 12.7. The number of nitrogens with zero attached hydrogens (tertiary/aromatic N) is 4. The predicted molar refractivity (Wildman–Crippen MR) is 116 cm³/mol. The molecule has 1 aliphatic rings. The van der Waals surface area contributed by atoms with Gasteiger partial charge in [0.2, 0.25) is 0 Å². The zero-order valence-corrected chi connectivity index (χ0v) is 17.3. The molecule has 3 aromatic rings. The molecule has 154 valence electrons. The summed E-state index contributed by atoms with van der Waals surface area (Å²) in [7, 11) is 0. The van der Waals surface area contributed by atoms with Crippen molar-refractivity contribution in [1.82, 2.24) is 20.4 Å². The van der Waals surface area contributed by atoms with Crippen molar-refractivity contribution in [3.63, 3.8) is 0 Å². The number of nitrogens with one attached hydrogen (secondary N) is 1. The van der Waals surface area contributed by atoms with Crippen molar-refractivity contribution in [1.29, 1.82) is 0 Å². The van der Waals surface area contributed by atoms with E-state index in [4.69, 9.17) is 10.5 Å². The third-order valence-corrected chi connectivity index (χ3v) is 6.13. The molecule has 1 aromatic carbocycles. The standard InChI is InChI=1S/C20H20N6O3S/c1-10-11(2)24-25-19-15(10)16(21)17(30-19)18(27)23-13-8-26(9-13)20(28)29-14-6-4-12(22-3)5-7-14/h4-7,13H,3,8-9,21H2,1-2H3,(H,23,27). The Morgan fingerprint density at radius 1 is 1.27 bits per heavy atom. The lowest BCUT2D eigenvalue weighted by molar-refractivity contribution is 0.0792. The number of nitrogen functional groups attached to an aromatic ring is 1. The van der Waals surface area contributed by atoms with E-state index in [1.54, 1.807) is 24.3 Å². The van der Waals surface area contributed by atoms with Gasteiger partial charge in [-0.05, 0) is 50.4 Å². The van der Waals surface area contributed by atoms with Gasteiger partial charge < -0.3 is 20.7 Å². The Hall–Kier alpha value is -3.53. The number of ether oxygens (including phenoxy) is 1. The molecule has 3 heterocycles. The first-order valence-electron chi connectivity index (χ1n) is 9.23. The van der Waals surface area contributed by atoms with Gasteiger partial charge in [0.15, 0.2) is 0 Å². The van der Waals surface area contributed by atoms with Gasteiger partial charge in [-0.25, -0.2) is 4.79 Å². The number of anilines is 1. The number of amides is 2. The van der Waals surface area contributed by atoms with Crippen LogP contribution < -0.4 is 15.8 Å². The number of hydrogen-bond acceptors (Lipinski definition) is 8. The summed E-state index contributed by atoms with van der Waals surface area (Å²) in [6.07, 6.45) is -0.470. The molecule has 0 atom stereocenters. The van der Waals surface area contributed by atoms with Crippen LogP contribution in [-0.2, 0) is 0 Å². The number of fused-ring (bicyclic) bond motifs is 1. The van der Waals surface area contributed by atoms with Crippen LogP contribution in [0, 0.1) is 13.8 Å². The van der Waals surface area contributed by atoms with Crippen LogP contribution in [0.2, 0.25) is 0 Å². The van der Waals surface area contributed by atoms with E-state index < -0.39 is 6.09 Å². The lowest BCUT2D eigenvalue weighted by Crippen LogP contribution is -2.61. The van der Waals surface area contributed by atoms with E-state index in [0.717, 1.165) is 16.6 Å². The largest absolute Gasteiger partial charge is 0.415 e. The second-order valence-electron chi connectivity index (χ2n) is 7.03. The van der Waals surface area contributed by atoms with Gasteiger partial charge in [0, 0.05) is 18.5 Å². The molecule has 4 rings (SSSR count). The second kappa shape index (κ2) is 7.71. The highest BCUT2D eigenvalue weighted by Gasteiger charge is 2.34. The Morgan fingerprint density at radius 3 is 2.63 bits per heavy atom. The number of carbonyl (C=O) groups excluding carboxylic acids is 2. The number of carbonyl (C=O) groups is 2. The lowest BCUT2D eigenvalue weighted by atomic mass is 10.1. The van der Waals surface area contributed by atoms with Crippen molar-refractivity contribution in [3.05, 3.63) is 40.4 Å². The summed E-state index contributed by atoms with van der Waals surface area (Å²) in [6.45, 7) is 7.92. The second-order valence-corrected chi connectivity index (χ2v) is 8.03. The number of likely N-dealkylation sites (tertiary alicyclic amines) is 1. The zero-order chi connectivity index (χ0) is 21.4. The Balaban J connectivity index is 1.35. The molecule has 1 saturated heterocycles. The smallest absolute Gasteiger partial charge is 0.410 e. The summed E-state index contributed by atoms with van der Waals surface area (Å²) in [6, 6.07) is 6.54. The van der Waals surface area contributed by atoms with Gasteiger partial charge in [-0.15, -0.1) is 16.4 Å². The maximum atomic E-state index is 12.7. The average molecular weight is 424 g/mol. The summed E-state index contributed by atoms with van der Waals surface area (Å²) in [5, 5.41) is 11.9. The van der Waals surface area contributed by atoms with Gasteiger partial charge in [0.1, 0.15) is 15.5 Å². The number of nitrogens with two attached hydrogens (primary N) is 1. The average Bonchev–Trinajstić information content (AvgIpc) is 3.04. The van der Waals surface area contributed by atoms with E-state index in [1.807, 2.05) is 13.8 Å². The summed E-state index contributed by atoms with van der Waals surface area (Å²) in [4.78, 5) is 31.2. The third kappa shape index (κ3) is 3.57. The SMILES string of the molecule is C=Nc1ccc(OC(=O)N2CC(NC(=O)c3sc4nnc(C)c(C)c4c3N)C2)cc1. The molecule has 9 nitrogen and oxygen atoms in total. The molecule has 0 spiro atoms. The summed E-state index contributed by atoms with van der Waals surface area (Å²) < 4.78 is 5.32. The fourth-order valence-electron chi connectivity index (χ4n) is 3.16. The molecule has 30 heavy (non-hydrogen) atoms. The van der Waals surface area contributed by atoms with Crippen molar-refractivity contribution in [2.24, 2.45) is 4.99 Å². The molecular formula is C20H20N6O3S. The molecule has 0 saturated carbocycles. The van der Waals surface area contributed by atoms with Gasteiger partial charge in [-0.3, -0.25) is 9.79 Å². The van der Waals surface area contributed by atoms with Gasteiger partial charge in [-0.2, -0.15) is 5.10 Å². The van der Waals surface area contributed by atoms with Crippen molar-refractivity contribution in [3.8, 4) is 5.75 Å². The highest BCUT2D eigenvalue weighted by atomic mass is 32.1. The molecule has 0 bridgehead atoms. The molecule has 3 N–H and O–H groups in total. The number of aliphatic imine (C=N–C) groups is 1. The van der Waals surface area contributed by atoms with Gasteiger partial charge in [0.05, 0.1) is 23.1 Å².